The molecule has 1 aromatic carbocycles. The fourth-order valence-electron chi connectivity index (χ4n) is 1.81. The van der Waals surface area contributed by atoms with Crippen molar-refractivity contribution in [3.8, 4) is 0 Å². The van der Waals surface area contributed by atoms with E-state index in [1.165, 1.54) is 0 Å². The smallest absolute Gasteiger partial charge is 0.323 e. The molecule has 0 saturated heterocycles. The topological polar surface area (TPSA) is 60.8 Å². The molecular weight excluding hydrogens is 230 g/mol. The van der Waals surface area contributed by atoms with Crippen LogP contribution in [0.15, 0.2) is 24.3 Å². The Morgan fingerprint density at radius 3 is 2.39 bits per heavy atom. The number of unbranched alkanes of at least 4 members (excludes halogenated alkanes) is 2. The van der Waals surface area contributed by atoms with Gasteiger partial charge in [-0.15, -0.1) is 0 Å². The van der Waals surface area contributed by atoms with Crippen LogP contribution in [0.5, 0.6) is 0 Å². The molecular formula is C14H21NO3. The first-order valence-corrected chi connectivity index (χ1v) is 6.27. The van der Waals surface area contributed by atoms with Crippen molar-refractivity contribution in [2.45, 2.75) is 26.2 Å². The van der Waals surface area contributed by atoms with Crippen LogP contribution >= 0.6 is 0 Å². The third kappa shape index (κ3) is 5.19. The van der Waals surface area contributed by atoms with Gasteiger partial charge in [0.05, 0.1) is 0 Å². The van der Waals surface area contributed by atoms with Gasteiger partial charge in [-0.3, -0.25) is 4.79 Å². The van der Waals surface area contributed by atoms with Crippen LogP contribution in [0.2, 0.25) is 0 Å². The quantitative estimate of drug-likeness (QED) is 0.694. The minimum absolute atomic E-state index is 0.0161. The average Bonchev–Trinajstić information content (AvgIpc) is 2.34. The number of aliphatic carboxylic acids is 1. The van der Waals surface area contributed by atoms with Gasteiger partial charge >= 0.3 is 5.97 Å². The molecule has 4 heteroatoms. The Morgan fingerprint density at radius 2 is 1.83 bits per heavy atom. The van der Waals surface area contributed by atoms with Crippen LogP contribution in [-0.4, -0.2) is 35.9 Å². The third-order valence-corrected chi connectivity index (χ3v) is 2.81. The second kappa shape index (κ2) is 7.71. The molecule has 18 heavy (non-hydrogen) atoms. The summed E-state index contributed by atoms with van der Waals surface area (Å²) >= 11 is 0. The lowest BCUT2D eigenvalue weighted by Gasteiger charge is -2.23. The number of carboxylic acid groups (broad SMARTS) is 1. The Balaban J connectivity index is 2.59. The molecule has 1 rings (SSSR count). The Kier molecular flexibility index (Phi) is 6.22. The van der Waals surface area contributed by atoms with E-state index in [4.69, 9.17) is 10.2 Å². The van der Waals surface area contributed by atoms with E-state index in [0.717, 1.165) is 30.5 Å². The van der Waals surface area contributed by atoms with E-state index in [9.17, 15) is 4.79 Å². The molecule has 0 spiro atoms. The third-order valence-electron chi connectivity index (χ3n) is 2.81. The van der Waals surface area contributed by atoms with E-state index in [1.54, 1.807) is 0 Å². The molecule has 2 N–H and O–H groups in total. The summed E-state index contributed by atoms with van der Waals surface area (Å²) in [6.45, 7) is 2.92. The summed E-state index contributed by atoms with van der Waals surface area (Å²) in [7, 11) is 0. The first-order valence-electron chi connectivity index (χ1n) is 6.27. The number of nitrogens with zero attached hydrogens (tertiary/aromatic N) is 1. The first kappa shape index (κ1) is 14.5. The normalized spacial score (nSPS) is 10.3. The zero-order valence-corrected chi connectivity index (χ0v) is 10.8. The van der Waals surface area contributed by atoms with Gasteiger partial charge in [0.1, 0.15) is 6.54 Å². The van der Waals surface area contributed by atoms with Crippen molar-refractivity contribution in [3.63, 3.8) is 0 Å². The van der Waals surface area contributed by atoms with Crippen molar-refractivity contribution < 1.29 is 15.0 Å². The zero-order valence-electron chi connectivity index (χ0n) is 10.8. The highest BCUT2D eigenvalue weighted by molar-refractivity contribution is 5.73. The van der Waals surface area contributed by atoms with Crippen LogP contribution < -0.4 is 4.90 Å². The van der Waals surface area contributed by atoms with Crippen molar-refractivity contribution in [2.24, 2.45) is 0 Å². The average molecular weight is 251 g/mol. The summed E-state index contributed by atoms with van der Waals surface area (Å²) < 4.78 is 0. The first-order chi connectivity index (χ1) is 8.63. The molecule has 4 nitrogen and oxygen atoms in total. The fraction of sp³-hybridized carbons (Fsp3) is 0.500. The summed E-state index contributed by atoms with van der Waals surface area (Å²) in [5.74, 6) is -0.822. The van der Waals surface area contributed by atoms with Gasteiger partial charge in [-0.1, -0.05) is 17.7 Å². The van der Waals surface area contributed by atoms with Crippen molar-refractivity contribution in [2.75, 3.05) is 24.6 Å². The molecule has 0 saturated carbocycles. The van der Waals surface area contributed by atoms with E-state index >= 15 is 0 Å². The summed E-state index contributed by atoms with van der Waals surface area (Å²) in [6.07, 6.45) is 2.58. The van der Waals surface area contributed by atoms with Crippen LogP contribution in [0.1, 0.15) is 24.8 Å². The Labute approximate surface area is 108 Å². The number of benzene rings is 1. The lowest BCUT2D eigenvalue weighted by molar-refractivity contribution is -0.135. The van der Waals surface area contributed by atoms with Crippen LogP contribution in [0, 0.1) is 6.92 Å². The number of aryl methyl sites for hydroxylation is 1. The molecule has 0 aliphatic carbocycles. The molecule has 0 aliphatic rings. The second-order valence-electron chi connectivity index (χ2n) is 4.44. The molecule has 0 heterocycles. The summed E-state index contributed by atoms with van der Waals surface area (Å²) in [5.41, 5.74) is 2.10. The minimum atomic E-state index is -0.822. The van der Waals surface area contributed by atoms with Gasteiger partial charge in [-0.05, 0) is 38.3 Å². The standard InChI is InChI=1S/C14H21NO3/c1-12-5-7-13(8-6-12)15(11-14(17)18)9-3-2-4-10-16/h5-8,16H,2-4,9-11H2,1H3,(H,17,18). The molecule has 0 bridgehead atoms. The maximum atomic E-state index is 10.9. The molecule has 0 atom stereocenters. The van der Waals surface area contributed by atoms with Crippen molar-refractivity contribution >= 4 is 11.7 Å². The molecule has 0 radical (unpaired) electrons. The molecule has 0 unspecified atom stereocenters. The number of rotatable bonds is 8. The van der Waals surface area contributed by atoms with Crippen molar-refractivity contribution in [3.05, 3.63) is 29.8 Å². The SMILES string of the molecule is Cc1ccc(N(CCCCCO)CC(=O)O)cc1. The molecule has 100 valence electrons. The highest BCUT2D eigenvalue weighted by Gasteiger charge is 2.09. The zero-order chi connectivity index (χ0) is 13.4. The van der Waals surface area contributed by atoms with Gasteiger partial charge in [0.2, 0.25) is 0 Å². The summed E-state index contributed by atoms with van der Waals surface area (Å²) in [5, 5.41) is 17.6. The highest BCUT2D eigenvalue weighted by Crippen LogP contribution is 2.15. The van der Waals surface area contributed by atoms with E-state index in [1.807, 2.05) is 36.1 Å². The van der Waals surface area contributed by atoms with Gasteiger partial charge in [0.25, 0.3) is 0 Å². The van der Waals surface area contributed by atoms with E-state index in [-0.39, 0.29) is 13.2 Å². The number of hydrogen-bond acceptors (Lipinski definition) is 3. The van der Waals surface area contributed by atoms with Crippen molar-refractivity contribution in [1.29, 1.82) is 0 Å². The van der Waals surface area contributed by atoms with Gasteiger partial charge in [-0.2, -0.15) is 0 Å². The van der Waals surface area contributed by atoms with Gasteiger partial charge in [-0.25, -0.2) is 0 Å². The van der Waals surface area contributed by atoms with Gasteiger partial charge < -0.3 is 15.1 Å². The Hall–Kier alpha value is -1.55. The predicted octanol–water partition coefficient (Wildman–Crippen LogP) is 2.05. The summed E-state index contributed by atoms with van der Waals surface area (Å²) in [4.78, 5) is 12.7. The number of hydrogen-bond donors (Lipinski definition) is 2. The molecule has 0 fully saturated rings. The predicted molar refractivity (Wildman–Crippen MR) is 72.0 cm³/mol. The maximum absolute atomic E-state index is 10.9. The monoisotopic (exact) mass is 251 g/mol. The molecule has 0 aliphatic heterocycles. The molecule has 0 aromatic heterocycles. The fourth-order valence-corrected chi connectivity index (χ4v) is 1.81. The largest absolute Gasteiger partial charge is 0.480 e. The Bertz CT molecular complexity index is 362. The van der Waals surface area contributed by atoms with Crippen LogP contribution in [0.3, 0.4) is 0 Å². The van der Waals surface area contributed by atoms with Gasteiger partial charge in [0.15, 0.2) is 0 Å². The Morgan fingerprint density at radius 1 is 1.17 bits per heavy atom. The maximum Gasteiger partial charge on any atom is 0.323 e. The molecule has 0 amide bonds. The van der Waals surface area contributed by atoms with E-state index in [0.29, 0.717) is 6.54 Å². The van der Waals surface area contributed by atoms with Crippen LogP contribution in [0.4, 0.5) is 5.69 Å². The highest BCUT2D eigenvalue weighted by atomic mass is 16.4. The number of aliphatic hydroxyl groups excluding tert-OH is 1. The van der Waals surface area contributed by atoms with E-state index in [2.05, 4.69) is 0 Å². The van der Waals surface area contributed by atoms with E-state index < -0.39 is 5.97 Å². The number of carboxylic acids is 1. The lowest BCUT2D eigenvalue weighted by atomic mass is 10.2. The lowest BCUT2D eigenvalue weighted by Crippen LogP contribution is -2.30. The van der Waals surface area contributed by atoms with Crippen LogP contribution in [-0.2, 0) is 4.79 Å². The number of carbonyl (C=O) groups is 1. The molecule has 1 aromatic rings. The van der Waals surface area contributed by atoms with Crippen LogP contribution in [0.25, 0.3) is 0 Å². The second-order valence-corrected chi connectivity index (χ2v) is 4.44. The van der Waals surface area contributed by atoms with Gasteiger partial charge in [0, 0.05) is 18.8 Å². The number of aliphatic hydroxyl groups is 1. The number of anilines is 1. The minimum Gasteiger partial charge on any atom is -0.480 e. The van der Waals surface area contributed by atoms with Crippen molar-refractivity contribution in [1.82, 2.24) is 0 Å². The summed E-state index contributed by atoms with van der Waals surface area (Å²) in [6, 6.07) is 7.87.